The predicted octanol–water partition coefficient (Wildman–Crippen LogP) is 2.52. The zero-order valence-corrected chi connectivity index (χ0v) is 15.6. The molecule has 1 heterocycles. The molecular formula is C18H16ClFN6O2. The Morgan fingerprint density at radius 3 is 2.75 bits per heavy atom. The highest BCUT2D eigenvalue weighted by molar-refractivity contribution is 6.33. The number of hydrogen-bond donors (Lipinski definition) is 2. The Morgan fingerprint density at radius 1 is 1.21 bits per heavy atom. The van der Waals surface area contributed by atoms with Crippen LogP contribution in [0.1, 0.15) is 22.6 Å². The molecule has 2 aromatic carbocycles. The second-order valence-corrected chi connectivity index (χ2v) is 6.27. The smallest absolute Gasteiger partial charge is 0.252 e. The van der Waals surface area contributed by atoms with Gasteiger partial charge in [0.1, 0.15) is 5.82 Å². The SMILES string of the molecule is Cc1nnnn1-c1cccc(NC(=O)CCNC(=O)c2ccc(F)cc2Cl)c1. The fourth-order valence-electron chi connectivity index (χ4n) is 2.47. The van der Waals surface area contributed by atoms with Crippen LogP contribution in [0.3, 0.4) is 0 Å². The summed E-state index contributed by atoms with van der Waals surface area (Å²) in [6.07, 6.45) is 0.0543. The van der Waals surface area contributed by atoms with Gasteiger partial charge in [-0.15, -0.1) is 5.10 Å². The van der Waals surface area contributed by atoms with Crippen LogP contribution in [-0.4, -0.2) is 38.6 Å². The lowest BCUT2D eigenvalue weighted by Crippen LogP contribution is -2.27. The summed E-state index contributed by atoms with van der Waals surface area (Å²) >= 11 is 5.85. The Labute approximate surface area is 164 Å². The van der Waals surface area contributed by atoms with Crippen molar-refractivity contribution >= 4 is 29.1 Å². The molecule has 2 amide bonds. The lowest BCUT2D eigenvalue weighted by molar-refractivity contribution is -0.116. The summed E-state index contributed by atoms with van der Waals surface area (Å²) in [5.41, 5.74) is 1.43. The van der Waals surface area contributed by atoms with E-state index < -0.39 is 11.7 Å². The number of rotatable bonds is 6. The molecule has 8 nitrogen and oxygen atoms in total. The van der Waals surface area contributed by atoms with Gasteiger partial charge in [-0.3, -0.25) is 9.59 Å². The van der Waals surface area contributed by atoms with Gasteiger partial charge in [-0.25, -0.2) is 4.39 Å². The number of halogens is 2. The van der Waals surface area contributed by atoms with E-state index in [1.807, 2.05) is 6.07 Å². The Hall–Kier alpha value is -3.33. The van der Waals surface area contributed by atoms with Crippen LogP contribution in [0.4, 0.5) is 10.1 Å². The number of benzene rings is 2. The Balaban J connectivity index is 1.53. The standard InChI is InChI=1S/C18H16ClFN6O2/c1-11-23-24-25-26(11)14-4-2-3-13(10-14)22-17(27)7-8-21-18(28)15-6-5-12(20)9-16(15)19/h2-6,9-10H,7-8H2,1H3,(H,21,28)(H,22,27). The first-order valence-corrected chi connectivity index (χ1v) is 8.70. The molecule has 144 valence electrons. The Bertz CT molecular complexity index is 1020. The highest BCUT2D eigenvalue weighted by Crippen LogP contribution is 2.17. The Kier molecular flexibility index (Phi) is 5.95. The van der Waals surface area contributed by atoms with Crippen LogP contribution in [0.25, 0.3) is 5.69 Å². The van der Waals surface area contributed by atoms with Crippen LogP contribution in [0.5, 0.6) is 0 Å². The van der Waals surface area contributed by atoms with Gasteiger partial charge in [-0.2, -0.15) is 4.68 Å². The van der Waals surface area contributed by atoms with E-state index in [0.717, 1.165) is 12.1 Å². The van der Waals surface area contributed by atoms with Crippen molar-refractivity contribution in [3.8, 4) is 5.69 Å². The number of aromatic nitrogens is 4. The van der Waals surface area contributed by atoms with Crippen LogP contribution >= 0.6 is 11.6 Å². The van der Waals surface area contributed by atoms with E-state index in [1.165, 1.54) is 6.07 Å². The molecule has 3 aromatic rings. The van der Waals surface area contributed by atoms with Crippen molar-refractivity contribution in [1.82, 2.24) is 25.5 Å². The molecule has 0 atom stereocenters. The predicted molar refractivity (Wildman–Crippen MR) is 101 cm³/mol. The number of hydrogen-bond acceptors (Lipinski definition) is 5. The highest BCUT2D eigenvalue weighted by Gasteiger charge is 2.12. The minimum Gasteiger partial charge on any atom is -0.351 e. The van der Waals surface area contributed by atoms with Crippen LogP contribution < -0.4 is 10.6 Å². The van der Waals surface area contributed by atoms with Gasteiger partial charge < -0.3 is 10.6 Å². The molecule has 0 aliphatic heterocycles. The van der Waals surface area contributed by atoms with Gasteiger partial charge in [0, 0.05) is 18.7 Å². The van der Waals surface area contributed by atoms with Crippen molar-refractivity contribution in [2.75, 3.05) is 11.9 Å². The van der Waals surface area contributed by atoms with E-state index in [0.29, 0.717) is 17.2 Å². The second-order valence-electron chi connectivity index (χ2n) is 5.87. The maximum absolute atomic E-state index is 13.0. The van der Waals surface area contributed by atoms with Crippen LogP contribution in [0.2, 0.25) is 5.02 Å². The number of tetrazole rings is 1. The molecule has 0 bridgehead atoms. The molecule has 0 aliphatic carbocycles. The summed E-state index contributed by atoms with van der Waals surface area (Å²) < 4.78 is 14.6. The fourth-order valence-corrected chi connectivity index (χ4v) is 2.72. The van der Waals surface area contributed by atoms with Gasteiger partial charge in [0.15, 0.2) is 5.82 Å². The average molecular weight is 403 g/mol. The molecule has 0 saturated carbocycles. The fraction of sp³-hybridized carbons (Fsp3) is 0.167. The van der Waals surface area contributed by atoms with Gasteiger partial charge in [0.2, 0.25) is 5.91 Å². The number of amides is 2. The number of anilines is 1. The quantitative estimate of drug-likeness (QED) is 0.659. The lowest BCUT2D eigenvalue weighted by Gasteiger charge is -2.09. The average Bonchev–Trinajstić information content (AvgIpc) is 3.07. The van der Waals surface area contributed by atoms with E-state index in [1.54, 1.807) is 29.8 Å². The molecule has 0 spiro atoms. The van der Waals surface area contributed by atoms with Crippen molar-refractivity contribution in [3.05, 3.63) is 64.7 Å². The van der Waals surface area contributed by atoms with Crippen molar-refractivity contribution < 1.29 is 14.0 Å². The zero-order chi connectivity index (χ0) is 20.1. The lowest BCUT2D eigenvalue weighted by atomic mass is 10.2. The minimum atomic E-state index is -0.528. The van der Waals surface area contributed by atoms with Crippen molar-refractivity contribution in [2.45, 2.75) is 13.3 Å². The molecule has 3 rings (SSSR count). The third-order valence-electron chi connectivity index (χ3n) is 3.81. The molecule has 10 heteroatoms. The van der Waals surface area contributed by atoms with E-state index in [2.05, 4.69) is 26.2 Å². The van der Waals surface area contributed by atoms with E-state index >= 15 is 0 Å². The van der Waals surface area contributed by atoms with Crippen LogP contribution in [0.15, 0.2) is 42.5 Å². The molecule has 0 aliphatic rings. The van der Waals surface area contributed by atoms with Crippen molar-refractivity contribution in [2.24, 2.45) is 0 Å². The van der Waals surface area contributed by atoms with E-state index in [9.17, 15) is 14.0 Å². The van der Waals surface area contributed by atoms with Gasteiger partial charge in [0.05, 0.1) is 16.3 Å². The number of nitrogens with one attached hydrogen (secondary N) is 2. The normalized spacial score (nSPS) is 10.5. The molecule has 28 heavy (non-hydrogen) atoms. The highest BCUT2D eigenvalue weighted by atomic mass is 35.5. The maximum Gasteiger partial charge on any atom is 0.252 e. The summed E-state index contributed by atoms with van der Waals surface area (Å²) in [5.74, 6) is -0.671. The third-order valence-corrected chi connectivity index (χ3v) is 4.13. The molecule has 0 saturated heterocycles. The summed E-state index contributed by atoms with van der Waals surface area (Å²) in [6, 6.07) is 10.5. The van der Waals surface area contributed by atoms with Gasteiger partial charge in [-0.05, 0) is 53.7 Å². The van der Waals surface area contributed by atoms with Gasteiger partial charge >= 0.3 is 0 Å². The van der Waals surface area contributed by atoms with Crippen LogP contribution in [0, 0.1) is 12.7 Å². The molecule has 0 radical (unpaired) electrons. The number of nitrogens with zero attached hydrogens (tertiary/aromatic N) is 4. The molecular weight excluding hydrogens is 387 g/mol. The Morgan fingerprint density at radius 2 is 2.04 bits per heavy atom. The summed E-state index contributed by atoms with van der Waals surface area (Å²) in [5, 5.41) is 16.6. The van der Waals surface area contributed by atoms with Gasteiger partial charge in [0.25, 0.3) is 5.91 Å². The first-order valence-electron chi connectivity index (χ1n) is 8.32. The molecule has 0 fully saturated rings. The van der Waals surface area contributed by atoms with Crippen LogP contribution in [-0.2, 0) is 4.79 Å². The summed E-state index contributed by atoms with van der Waals surface area (Å²) in [6.45, 7) is 1.87. The minimum absolute atomic E-state index is 0.0108. The summed E-state index contributed by atoms with van der Waals surface area (Å²) in [7, 11) is 0. The number of carbonyl (C=O) groups excluding carboxylic acids is 2. The third kappa shape index (κ3) is 4.68. The first kappa shape index (κ1) is 19.4. The number of carbonyl (C=O) groups is 2. The monoisotopic (exact) mass is 402 g/mol. The van der Waals surface area contributed by atoms with E-state index in [-0.39, 0.29) is 29.5 Å². The second kappa shape index (κ2) is 8.57. The van der Waals surface area contributed by atoms with Crippen molar-refractivity contribution in [3.63, 3.8) is 0 Å². The zero-order valence-electron chi connectivity index (χ0n) is 14.8. The molecule has 1 aromatic heterocycles. The van der Waals surface area contributed by atoms with Crippen molar-refractivity contribution in [1.29, 1.82) is 0 Å². The number of aryl methyl sites for hydroxylation is 1. The summed E-state index contributed by atoms with van der Waals surface area (Å²) in [4.78, 5) is 24.2. The maximum atomic E-state index is 13.0. The van der Waals surface area contributed by atoms with Gasteiger partial charge in [-0.1, -0.05) is 17.7 Å². The largest absolute Gasteiger partial charge is 0.351 e. The van der Waals surface area contributed by atoms with E-state index in [4.69, 9.17) is 11.6 Å². The first-order chi connectivity index (χ1) is 13.4. The molecule has 2 N–H and O–H groups in total. The topological polar surface area (TPSA) is 102 Å². The molecule has 0 unspecified atom stereocenters.